The fourth-order valence-corrected chi connectivity index (χ4v) is 7.17. The summed E-state index contributed by atoms with van der Waals surface area (Å²) in [5, 5.41) is 3.28. The van der Waals surface area contributed by atoms with Crippen molar-refractivity contribution in [1.29, 1.82) is 0 Å². The van der Waals surface area contributed by atoms with Crippen LogP contribution in [-0.2, 0) is 16.8 Å². The first-order valence-electron chi connectivity index (χ1n) is 11.6. The van der Waals surface area contributed by atoms with Crippen LogP contribution in [0.3, 0.4) is 0 Å². The van der Waals surface area contributed by atoms with Gasteiger partial charge in [-0.25, -0.2) is 0 Å². The molecule has 4 saturated carbocycles. The lowest BCUT2D eigenvalue weighted by Gasteiger charge is -2.61. The van der Waals surface area contributed by atoms with Gasteiger partial charge in [-0.15, -0.1) is 0 Å². The van der Waals surface area contributed by atoms with E-state index in [9.17, 15) is 4.79 Å². The molecule has 4 aliphatic carbocycles. The molecule has 1 N–H and O–H groups in total. The summed E-state index contributed by atoms with van der Waals surface area (Å²) in [6, 6.07) is 14.4. The summed E-state index contributed by atoms with van der Waals surface area (Å²) < 4.78 is 16.1. The van der Waals surface area contributed by atoms with Crippen LogP contribution in [0.2, 0.25) is 0 Å². The van der Waals surface area contributed by atoms with E-state index < -0.39 is 0 Å². The zero-order chi connectivity index (χ0) is 22.3. The SMILES string of the molecule is COc1ccc(C23C[C@H]4C[C@@H](CC(C(=O)NCc5ccc(OC)c(OC)c5)(C4)C2)C3)cc1. The van der Waals surface area contributed by atoms with Crippen LogP contribution in [0.25, 0.3) is 0 Å². The van der Waals surface area contributed by atoms with Crippen molar-refractivity contribution in [2.45, 2.75) is 50.5 Å². The Bertz CT molecular complexity index is 985. The molecule has 0 heterocycles. The van der Waals surface area contributed by atoms with Crippen LogP contribution >= 0.6 is 0 Å². The van der Waals surface area contributed by atoms with Crippen LogP contribution in [0.5, 0.6) is 17.2 Å². The normalized spacial score (nSPS) is 30.1. The van der Waals surface area contributed by atoms with Crippen molar-refractivity contribution in [2.24, 2.45) is 17.3 Å². The molecule has 32 heavy (non-hydrogen) atoms. The van der Waals surface area contributed by atoms with Crippen molar-refractivity contribution in [3.8, 4) is 17.2 Å². The maximum atomic E-state index is 13.6. The van der Waals surface area contributed by atoms with Crippen LogP contribution in [0, 0.1) is 17.3 Å². The van der Waals surface area contributed by atoms with Crippen LogP contribution < -0.4 is 19.5 Å². The van der Waals surface area contributed by atoms with Crippen LogP contribution in [0.1, 0.15) is 49.7 Å². The van der Waals surface area contributed by atoms with Gasteiger partial charge >= 0.3 is 0 Å². The number of carbonyl (C=O) groups excluding carboxylic acids is 1. The molecule has 4 aliphatic rings. The number of ether oxygens (including phenoxy) is 3. The summed E-state index contributed by atoms with van der Waals surface area (Å²) in [4.78, 5) is 13.6. The van der Waals surface area contributed by atoms with Crippen LogP contribution in [0.4, 0.5) is 0 Å². The Morgan fingerprint density at radius 1 is 0.906 bits per heavy atom. The van der Waals surface area contributed by atoms with E-state index in [1.807, 2.05) is 18.2 Å². The molecular formula is C27H33NO4. The number of carbonyl (C=O) groups is 1. The van der Waals surface area contributed by atoms with Crippen molar-refractivity contribution in [3.63, 3.8) is 0 Å². The van der Waals surface area contributed by atoms with Gasteiger partial charge < -0.3 is 19.5 Å². The predicted octanol–water partition coefficient (Wildman–Crippen LogP) is 4.87. The number of rotatable bonds is 7. The van der Waals surface area contributed by atoms with E-state index in [1.54, 1.807) is 21.3 Å². The van der Waals surface area contributed by atoms with Gasteiger partial charge in [0.05, 0.1) is 26.7 Å². The first-order chi connectivity index (χ1) is 15.5. The summed E-state index contributed by atoms with van der Waals surface area (Å²) in [5.74, 6) is 3.79. The van der Waals surface area contributed by atoms with Gasteiger partial charge in [-0.05, 0) is 91.2 Å². The minimum Gasteiger partial charge on any atom is -0.497 e. The topological polar surface area (TPSA) is 56.8 Å². The number of methoxy groups -OCH3 is 3. The highest BCUT2D eigenvalue weighted by molar-refractivity contribution is 5.83. The van der Waals surface area contributed by atoms with Gasteiger partial charge in [0.1, 0.15) is 5.75 Å². The molecule has 5 heteroatoms. The molecule has 1 amide bonds. The molecule has 5 nitrogen and oxygen atoms in total. The lowest BCUT2D eigenvalue weighted by molar-refractivity contribution is -0.149. The average Bonchev–Trinajstić information content (AvgIpc) is 2.81. The van der Waals surface area contributed by atoms with Gasteiger partial charge in [-0.1, -0.05) is 18.2 Å². The third-order valence-electron chi connectivity index (χ3n) is 8.15. The fraction of sp³-hybridized carbons (Fsp3) is 0.519. The molecule has 2 atom stereocenters. The molecule has 6 rings (SSSR count). The highest BCUT2D eigenvalue weighted by atomic mass is 16.5. The second kappa shape index (κ2) is 8.02. The Labute approximate surface area is 190 Å². The average molecular weight is 436 g/mol. The Hall–Kier alpha value is -2.69. The first kappa shape index (κ1) is 21.2. The van der Waals surface area contributed by atoms with Gasteiger partial charge in [-0.3, -0.25) is 4.79 Å². The summed E-state index contributed by atoms with van der Waals surface area (Å²) in [6.45, 7) is 0.506. The molecule has 4 fully saturated rings. The number of amides is 1. The van der Waals surface area contributed by atoms with Crippen LogP contribution in [-0.4, -0.2) is 27.2 Å². The van der Waals surface area contributed by atoms with E-state index in [0.29, 0.717) is 29.9 Å². The molecule has 0 aliphatic heterocycles. The van der Waals surface area contributed by atoms with Gasteiger partial charge in [0, 0.05) is 6.54 Å². The van der Waals surface area contributed by atoms with Crippen molar-refractivity contribution in [3.05, 3.63) is 53.6 Å². The maximum absolute atomic E-state index is 13.6. The second-order valence-electron chi connectivity index (χ2n) is 10.1. The Balaban J connectivity index is 1.35. The molecule has 0 spiro atoms. The summed E-state index contributed by atoms with van der Waals surface area (Å²) >= 11 is 0. The molecule has 0 saturated heterocycles. The summed E-state index contributed by atoms with van der Waals surface area (Å²) in [5.41, 5.74) is 2.27. The van der Waals surface area contributed by atoms with E-state index >= 15 is 0 Å². The van der Waals surface area contributed by atoms with Crippen molar-refractivity contribution < 1.29 is 19.0 Å². The van der Waals surface area contributed by atoms with Crippen molar-refractivity contribution in [1.82, 2.24) is 5.32 Å². The minimum absolute atomic E-state index is 0.122. The zero-order valence-electron chi connectivity index (χ0n) is 19.3. The molecular weight excluding hydrogens is 402 g/mol. The number of hydrogen-bond donors (Lipinski definition) is 1. The molecule has 2 aromatic rings. The lowest BCUT2D eigenvalue weighted by atomic mass is 9.42. The molecule has 0 aromatic heterocycles. The van der Waals surface area contributed by atoms with Crippen LogP contribution in [0.15, 0.2) is 42.5 Å². The molecule has 170 valence electrons. The van der Waals surface area contributed by atoms with E-state index in [0.717, 1.165) is 30.6 Å². The van der Waals surface area contributed by atoms with Gasteiger partial charge in [0.2, 0.25) is 5.91 Å². The van der Waals surface area contributed by atoms with Gasteiger partial charge in [0.15, 0.2) is 11.5 Å². The monoisotopic (exact) mass is 435 g/mol. The highest BCUT2D eigenvalue weighted by Gasteiger charge is 2.60. The number of nitrogens with one attached hydrogen (secondary N) is 1. The Morgan fingerprint density at radius 2 is 1.59 bits per heavy atom. The molecule has 0 radical (unpaired) electrons. The Morgan fingerprint density at radius 3 is 2.22 bits per heavy atom. The van der Waals surface area contributed by atoms with Gasteiger partial charge in [-0.2, -0.15) is 0 Å². The minimum atomic E-state index is -0.249. The smallest absolute Gasteiger partial charge is 0.226 e. The van der Waals surface area contributed by atoms with E-state index in [2.05, 4.69) is 29.6 Å². The van der Waals surface area contributed by atoms with Crippen molar-refractivity contribution >= 4 is 5.91 Å². The quantitative estimate of drug-likeness (QED) is 0.674. The maximum Gasteiger partial charge on any atom is 0.226 e. The molecule has 4 bridgehead atoms. The fourth-order valence-electron chi connectivity index (χ4n) is 7.17. The largest absolute Gasteiger partial charge is 0.497 e. The van der Waals surface area contributed by atoms with Crippen molar-refractivity contribution in [2.75, 3.05) is 21.3 Å². The second-order valence-corrected chi connectivity index (χ2v) is 10.1. The predicted molar refractivity (Wildman–Crippen MR) is 123 cm³/mol. The summed E-state index contributed by atoms with van der Waals surface area (Å²) in [6.07, 6.45) is 6.71. The standard InChI is InChI=1S/C27H33NO4/c1-30-22-7-5-21(6-8-22)26-12-19-10-20(13-26)15-27(14-19,17-26)25(29)28-16-18-4-9-23(31-2)24(11-18)32-3/h4-9,11,19-20H,10,12-17H2,1-3H3,(H,28,29)/t19-,20-,26?,27?/m1/s1. The Kier molecular flexibility index (Phi) is 5.31. The lowest BCUT2D eigenvalue weighted by Crippen LogP contribution is -2.59. The highest BCUT2D eigenvalue weighted by Crippen LogP contribution is 2.65. The van der Waals surface area contributed by atoms with Gasteiger partial charge in [0.25, 0.3) is 0 Å². The molecule has 0 unspecified atom stereocenters. The van der Waals surface area contributed by atoms with E-state index in [1.165, 1.54) is 24.8 Å². The van der Waals surface area contributed by atoms with E-state index in [-0.39, 0.29) is 16.7 Å². The third kappa shape index (κ3) is 3.52. The number of benzene rings is 2. The van der Waals surface area contributed by atoms with E-state index in [4.69, 9.17) is 14.2 Å². The zero-order valence-corrected chi connectivity index (χ0v) is 19.3. The third-order valence-corrected chi connectivity index (χ3v) is 8.15. The summed E-state index contributed by atoms with van der Waals surface area (Å²) in [7, 11) is 4.97. The number of hydrogen-bond acceptors (Lipinski definition) is 4. The molecule has 2 aromatic carbocycles. The first-order valence-corrected chi connectivity index (χ1v) is 11.6.